The molecular weight excluding hydrogens is 312 g/mol. The van der Waals surface area contributed by atoms with Crippen molar-refractivity contribution in [3.8, 4) is 0 Å². The summed E-state index contributed by atoms with van der Waals surface area (Å²) in [5, 5.41) is 0. The zero-order valence-electron chi connectivity index (χ0n) is 13.1. The molecule has 0 unspecified atom stereocenters. The zero-order chi connectivity index (χ0) is 16.4. The average Bonchev–Trinajstić information content (AvgIpc) is 3.22. The molecule has 6 heteroatoms. The second-order valence-electron chi connectivity index (χ2n) is 5.53. The van der Waals surface area contributed by atoms with Gasteiger partial charge in [-0.2, -0.15) is 0 Å². The Balaban J connectivity index is 1.86. The van der Waals surface area contributed by atoms with Crippen molar-refractivity contribution >= 4 is 23.2 Å². The number of aromatic nitrogens is 1. The van der Waals surface area contributed by atoms with Crippen molar-refractivity contribution in [3.05, 3.63) is 51.5 Å². The Morgan fingerprint density at radius 1 is 1.35 bits per heavy atom. The first kappa shape index (κ1) is 15.7. The SMILES string of the molecule is COC(=O)c1cc(C(=O)N2CCC[C@@H]2c2ccc(C)s2)ccn1. The Bertz CT molecular complexity index is 741. The van der Waals surface area contributed by atoms with Crippen LogP contribution in [0.3, 0.4) is 0 Å². The summed E-state index contributed by atoms with van der Waals surface area (Å²) in [5.74, 6) is -0.599. The van der Waals surface area contributed by atoms with Gasteiger partial charge in [0.15, 0.2) is 0 Å². The van der Waals surface area contributed by atoms with Crippen molar-refractivity contribution in [1.82, 2.24) is 9.88 Å². The Hall–Kier alpha value is -2.21. The van der Waals surface area contributed by atoms with E-state index in [1.807, 2.05) is 4.90 Å². The second-order valence-corrected chi connectivity index (χ2v) is 6.85. The van der Waals surface area contributed by atoms with Gasteiger partial charge in [0.1, 0.15) is 5.69 Å². The Morgan fingerprint density at radius 2 is 2.17 bits per heavy atom. The van der Waals surface area contributed by atoms with Crippen LogP contribution in [0.4, 0.5) is 0 Å². The number of nitrogens with zero attached hydrogens (tertiary/aromatic N) is 2. The molecule has 3 heterocycles. The topological polar surface area (TPSA) is 59.5 Å². The molecule has 0 saturated carbocycles. The van der Waals surface area contributed by atoms with Crippen molar-refractivity contribution in [1.29, 1.82) is 0 Å². The van der Waals surface area contributed by atoms with E-state index in [9.17, 15) is 9.59 Å². The van der Waals surface area contributed by atoms with E-state index in [0.29, 0.717) is 5.56 Å². The quantitative estimate of drug-likeness (QED) is 0.811. The fraction of sp³-hybridized carbons (Fsp3) is 0.353. The molecule has 5 nitrogen and oxygen atoms in total. The van der Waals surface area contributed by atoms with Crippen LogP contribution in [0.25, 0.3) is 0 Å². The highest BCUT2D eigenvalue weighted by Crippen LogP contribution is 2.36. The maximum absolute atomic E-state index is 12.9. The molecule has 1 aliphatic heterocycles. The normalized spacial score (nSPS) is 17.3. The number of ether oxygens (including phenoxy) is 1. The lowest BCUT2D eigenvalue weighted by Crippen LogP contribution is -2.30. The summed E-state index contributed by atoms with van der Waals surface area (Å²) in [7, 11) is 1.30. The molecule has 23 heavy (non-hydrogen) atoms. The predicted octanol–water partition coefficient (Wildman–Crippen LogP) is 3.22. The van der Waals surface area contributed by atoms with Gasteiger partial charge in [0.25, 0.3) is 5.91 Å². The van der Waals surface area contributed by atoms with E-state index >= 15 is 0 Å². The third-order valence-corrected chi connectivity index (χ3v) is 5.11. The minimum atomic E-state index is -0.536. The number of hydrogen-bond donors (Lipinski definition) is 0. The number of likely N-dealkylation sites (tertiary alicyclic amines) is 1. The molecular formula is C17H18N2O3S. The molecule has 1 fully saturated rings. The lowest BCUT2D eigenvalue weighted by molar-refractivity contribution is 0.0594. The average molecular weight is 330 g/mol. The van der Waals surface area contributed by atoms with Crippen molar-refractivity contribution in [3.63, 3.8) is 0 Å². The summed E-state index contributed by atoms with van der Waals surface area (Å²) >= 11 is 1.73. The number of amides is 1. The maximum atomic E-state index is 12.9. The van der Waals surface area contributed by atoms with Gasteiger partial charge in [0, 0.05) is 28.1 Å². The van der Waals surface area contributed by atoms with Crippen LogP contribution in [0.15, 0.2) is 30.5 Å². The molecule has 1 amide bonds. The largest absolute Gasteiger partial charge is 0.464 e. The van der Waals surface area contributed by atoms with Gasteiger partial charge in [-0.25, -0.2) is 9.78 Å². The van der Waals surface area contributed by atoms with Gasteiger partial charge in [-0.15, -0.1) is 11.3 Å². The highest BCUT2D eigenvalue weighted by molar-refractivity contribution is 7.12. The van der Waals surface area contributed by atoms with Crippen molar-refractivity contribution in [2.24, 2.45) is 0 Å². The number of esters is 1. The molecule has 0 aliphatic carbocycles. The Morgan fingerprint density at radius 3 is 2.87 bits per heavy atom. The molecule has 3 rings (SSSR count). The first-order valence-electron chi connectivity index (χ1n) is 7.52. The Kier molecular flexibility index (Phi) is 4.43. The second kappa shape index (κ2) is 6.50. The third kappa shape index (κ3) is 3.12. The maximum Gasteiger partial charge on any atom is 0.356 e. The lowest BCUT2D eigenvalue weighted by atomic mass is 10.1. The summed E-state index contributed by atoms with van der Waals surface area (Å²) in [6, 6.07) is 7.45. The summed E-state index contributed by atoms with van der Waals surface area (Å²) in [6.45, 7) is 2.80. The monoisotopic (exact) mass is 330 g/mol. The van der Waals surface area contributed by atoms with Gasteiger partial charge in [-0.05, 0) is 44.0 Å². The summed E-state index contributed by atoms with van der Waals surface area (Å²) in [5.41, 5.74) is 0.627. The highest BCUT2D eigenvalue weighted by atomic mass is 32.1. The number of thiophene rings is 1. The first-order chi connectivity index (χ1) is 11.1. The molecule has 1 saturated heterocycles. The van der Waals surface area contributed by atoms with Crippen molar-refractivity contribution < 1.29 is 14.3 Å². The van der Waals surface area contributed by atoms with Crippen molar-refractivity contribution in [2.45, 2.75) is 25.8 Å². The van der Waals surface area contributed by atoms with Gasteiger partial charge in [-0.3, -0.25) is 4.79 Å². The lowest BCUT2D eigenvalue weighted by Gasteiger charge is -2.24. The molecule has 0 N–H and O–H groups in total. The minimum Gasteiger partial charge on any atom is -0.464 e. The van der Waals surface area contributed by atoms with Crippen molar-refractivity contribution in [2.75, 3.05) is 13.7 Å². The highest BCUT2D eigenvalue weighted by Gasteiger charge is 2.31. The first-order valence-corrected chi connectivity index (χ1v) is 8.33. The van der Waals surface area contributed by atoms with Crippen LogP contribution >= 0.6 is 11.3 Å². The number of pyridine rings is 1. The number of rotatable bonds is 3. The summed E-state index contributed by atoms with van der Waals surface area (Å²) in [6.07, 6.45) is 3.43. The third-order valence-electron chi connectivity index (χ3n) is 4.00. The minimum absolute atomic E-state index is 0.0638. The van der Waals surface area contributed by atoms with E-state index in [-0.39, 0.29) is 17.6 Å². The van der Waals surface area contributed by atoms with Crippen LogP contribution in [-0.4, -0.2) is 35.4 Å². The molecule has 120 valence electrons. The van der Waals surface area contributed by atoms with Crippen LogP contribution < -0.4 is 0 Å². The zero-order valence-corrected chi connectivity index (χ0v) is 13.9. The molecule has 0 spiro atoms. The van der Waals surface area contributed by atoms with E-state index in [4.69, 9.17) is 0 Å². The van der Waals surface area contributed by atoms with Gasteiger partial charge in [0.05, 0.1) is 13.2 Å². The van der Waals surface area contributed by atoms with E-state index in [2.05, 4.69) is 28.8 Å². The number of hydrogen-bond acceptors (Lipinski definition) is 5. The summed E-state index contributed by atoms with van der Waals surface area (Å²) in [4.78, 5) is 32.8. The van der Waals surface area contributed by atoms with Gasteiger partial charge >= 0.3 is 5.97 Å². The predicted molar refractivity (Wildman–Crippen MR) is 87.6 cm³/mol. The fourth-order valence-electron chi connectivity index (χ4n) is 2.88. The molecule has 1 atom stereocenters. The van der Waals surface area contributed by atoms with E-state index in [1.54, 1.807) is 17.4 Å². The van der Waals surface area contributed by atoms with Crippen LogP contribution in [0.1, 0.15) is 49.5 Å². The number of carbonyl (C=O) groups is 2. The van der Waals surface area contributed by atoms with E-state index in [0.717, 1.165) is 19.4 Å². The molecule has 2 aromatic rings. The molecule has 0 radical (unpaired) electrons. The number of carbonyl (C=O) groups excluding carboxylic acids is 2. The van der Waals surface area contributed by atoms with Crippen LogP contribution in [-0.2, 0) is 4.74 Å². The van der Waals surface area contributed by atoms with Gasteiger partial charge < -0.3 is 9.64 Å². The Labute approximate surface area is 138 Å². The van der Waals surface area contributed by atoms with Crippen LogP contribution in [0, 0.1) is 6.92 Å². The number of aryl methyl sites for hydroxylation is 1. The fourth-order valence-corrected chi connectivity index (χ4v) is 3.91. The molecule has 1 aliphatic rings. The van der Waals surface area contributed by atoms with Gasteiger partial charge in [0.2, 0.25) is 0 Å². The summed E-state index contributed by atoms with van der Waals surface area (Å²) < 4.78 is 4.67. The molecule has 0 aromatic carbocycles. The number of methoxy groups -OCH3 is 1. The van der Waals surface area contributed by atoms with E-state index in [1.165, 1.54) is 29.1 Å². The molecule has 0 bridgehead atoms. The van der Waals surface area contributed by atoms with Gasteiger partial charge in [-0.1, -0.05) is 0 Å². The van der Waals surface area contributed by atoms with Crippen LogP contribution in [0.2, 0.25) is 0 Å². The standard InChI is InChI=1S/C17H18N2O3S/c1-11-5-6-15(23-11)14-4-3-9-19(14)16(20)12-7-8-18-13(10-12)17(21)22-2/h5-8,10,14H,3-4,9H2,1-2H3/t14-/m1/s1. The smallest absolute Gasteiger partial charge is 0.356 e. The van der Waals surface area contributed by atoms with Crippen LogP contribution in [0.5, 0.6) is 0 Å². The van der Waals surface area contributed by atoms with E-state index < -0.39 is 5.97 Å². The molecule has 2 aromatic heterocycles.